The number of unbranched alkanes of at least 4 members (excludes halogenated alkanes) is 6. The quantitative estimate of drug-likeness (QED) is 0.461. The van der Waals surface area contributed by atoms with Crippen molar-refractivity contribution in [3.05, 3.63) is 0 Å². The zero-order valence-corrected chi connectivity index (χ0v) is 9.87. The number of amides is 2. The second-order valence-electron chi connectivity index (χ2n) is 3.44. The van der Waals surface area contributed by atoms with Gasteiger partial charge in [0.25, 0.3) is 0 Å². The van der Waals surface area contributed by atoms with E-state index in [-0.39, 0.29) is 0 Å². The van der Waals surface area contributed by atoms with Crippen LogP contribution in [-0.4, -0.2) is 11.8 Å². The summed E-state index contributed by atoms with van der Waals surface area (Å²) in [6.45, 7) is 2.23. The molecule has 0 heterocycles. The summed E-state index contributed by atoms with van der Waals surface area (Å²) in [7, 11) is 0. The fourth-order valence-corrected chi connectivity index (χ4v) is 1.85. The van der Waals surface area contributed by atoms with E-state index in [1.54, 1.807) is 0 Å². The van der Waals surface area contributed by atoms with Crippen LogP contribution in [0.3, 0.4) is 0 Å². The molecule has 2 amide bonds. The Morgan fingerprint density at radius 2 is 1.71 bits per heavy atom. The Kier molecular flexibility index (Phi) is 10.4. The van der Waals surface area contributed by atoms with E-state index in [4.69, 9.17) is 5.73 Å². The molecular weight excluding hydrogens is 196 g/mol. The van der Waals surface area contributed by atoms with E-state index < -0.39 is 6.03 Å². The number of hydrogen-bond donors (Lipinski definition) is 2. The summed E-state index contributed by atoms with van der Waals surface area (Å²) in [6.07, 6.45) is 9.12. The molecule has 0 atom stereocenters. The average Bonchev–Trinajstić information content (AvgIpc) is 2.15. The van der Waals surface area contributed by atoms with Crippen LogP contribution in [0.15, 0.2) is 0 Å². The van der Waals surface area contributed by atoms with Crippen molar-refractivity contribution in [2.24, 2.45) is 5.73 Å². The fraction of sp³-hybridized carbons (Fsp3) is 0.900. The van der Waals surface area contributed by atoms with Gasteiger partial charge in [0.15, 0.2) is 0 Å². The first-order valence-electron chi connectivity index (χ1n) is 5.44. The summed E-state index contributed by atoms with van der Waals surface area (Å²) in [5.41, 5.74) is 4.92. The topological polar surface area (TPSA) is 55.1 Å². The van der Waals surface area contributed by atoms with Crippen molar-refractivity contribution >= 4 is 18.0 Å². The van der Waals surface area contributed by atoms with Crippen LogP contribution in [0.25, 0.3) is 0 Å². The van der Waals surface area contributed by atoms with Gasteiger partial charge in [0.1, 0.15) is 0 Å². The fourth-order valence-electron chi connectivity index (χ4n) is 1.25. The maximum absolute atomic E-state index is 10.3. The summed E-state index contributed by atoms with van der Waals surface area (Å²) in [5.74, 6) is 0.969. The van der Waals surface area contributed by atoms with Crippen LogP contribution in [0.4, 0.5) is 4.79 Å². The molecule has 0 aromatic heterocycles. The lowest BCUT2D eigenvalue weighted by molar-refractivity contribution is 0.254. The molecule has 0 fully saturated rings. The van der Waals surface area contributed by atoms with E-state index in [1.165, 1.54) is 50.5 Å². The first kappa shape index (κ1) is 13.6. The van der Waals surface area contributed by atoms with Crippen LogP contribution in [0.5, 0.6) is 0 Å². The smallest absolute Gasteiger partial charge is 0.322 e. The summed E-state index contributed by atoms with van der Waals surface area (Å²) in [5, 5.41) is 0. The third-order valence-electron chi connectivity index (χ3n) is 2.02. The van der Waals surface area contributed by atoms with Crippen molar-refractivity contribution < 1.29 is 4.79 Å². The van der Waals surface area contributed by atoms with E-state index in [9.17, 15) is 4.79 Å². The molecule has 0 rings (SSSR count). The molecule has 0 spiro atoms. The van der Waals surface area contributed by atoms with Crippen molar-refractivity contribution in [3.63, 3.8) is 0 Å². The van der Waals surface area contributed by atoms with Gasteiger partial charge in [-0.15, -0.1) is 0 Å². The Morgan fingerprint density at radius 3 is 2.29 bits per heavy atom. The standard InChI is InChI=1S/C10H22N2OS/c1-2-3-4-5-6-7-8-9-14-12-10(11)13/h2-9H2,1H3,(H3,11,12,13). The predicted octanol–water partition coefficient (Wildman–Crippen LogP) is 3.05. The van der Waals surface area contributed by atoms with E-state index in [2.05, 4.69) is 11.6 Å². The van der Waals surface area contributed by atoms with Crippen LogP contribution in [0.2, 0.25) is 0 Å². The molecule has 0 saturated carbocycles. The zero-order valence-electron chi connectivity index (χ0n) is 9.05. The van der Waals surface area contributed by atoms with Gasteiger partial charge in [-0.25, -0.2) is 4.79 Å². The lowest BCUT2D eigenvalue weighted by Gasteiger charge is -2.01. The van der Waals surface area contributed by atoms with Gasteiger partial charge in [-0.1, -0.05) is 45.4 Å². The Morgan fingerprint density at radius 1 is 1.14 bits per heavy atom. The highest BCUT2D eigenvalue weighted by atomic mass is 32.2. The first-order valence-corrected chi connectivity index (χ1v) is 6.43. The number of urea groups is 1. The molecule has 0 radical (unpaired) electrons. The first-order chi connectivity index (χ1) is 6.77. The van der Waals surface area contributed by atoms with E-state index >= 15 is 0 Å². The zero-order chi connectivity index (χ0) is 10.6. The molecule has 4 heteroatoms. The third-order valence-corrected chi connectivity index (χ3v) is 2.86. The monoisotopic (exact) mass is 218 g/mol. The molecule has 0 unspecified atom stereocenters. The minimum absolute atomic E-state index is 0.446. The third kappa shape index (κ3) is 11.6. The van der Waals surface area contributed by atoms with Gasteiger partial charge in [0, 0.05) is 5.75 Å². The maximum atomic E-state index is 10.3. The van der Waals surface area contributed by atoms with Crippen LogP contribution in [0, 0.1) is 0 Å². The summed E-state index contributed by atoms with van der Waals surface area (Å²) in [4.78, 5) is 10.3. The highest BCUT2D eigenvalue weighted by Crippen LogP contribution is 2.08. The molecular formula is C10H22N2OS. The van der Waals surface area contributed by atoms with Crippen molar-refractivity contribution in [1.82, 2.24) is 4.72 Å². The lowest BCUT2D eigenvalue weighted by atomic mass is 10.1. The number of hydrogen-bond acceptors (Lipinski definition) is 2. The number of nitrogens with two attached hydrogens (primary N) is 1. The number of primary amides is 1. The minimum atomic E-state index is -0.446. The highest BCUT2D eigenvalue weighted by molar-refractivity contribution is 7.97. The van der Waals surface area contributed by atoms with Crippen LogP contribution >= 0.6 is 11.9 Å². The van der Waals surface area contributed by atoms with Gasteiger partial charge >= 0.3 is 6.03 Å². The molecule has 84 valence electrons. The molecule has 0 bridgehead atoms. The lowest BCUT2D eigenvalue weighted by Crippen LogP contribution is -2.23. The average molecular weight is 218 g/mol. The Balaban J connectivity index is 2.88. The largest absolute Gasteiger partial charge is 0.351 e. The van der Waals surface area contributed by atoms with Crippen molar-refractivity contribution in [1.29, 1.82) is 0 Å². The SMILES string of the molecule is CCCCCCCCCSNC(N)=O. The van der Waals surface area contributed by atoms with Crippen molar-refractivity contribution in [2.45, 2.75) is 51.9 Å². The molecule has 14 heavy (non-hydrogen) atoms. The highest BCUT2D eigenvalue weighted by Gasteiger charge is 1.93. The Bertz CT molecular complexity index is 142. The second-order valence-corrected chi connectivity index (χ2v) is 4.34. The van der Waals surface area contributed by atoms with E-state index in [0.29, 0.717) is 0 Å². The van der Waals surface area contributed by atoms with Gasteiger partial charge in [0.2, 0.25) is 0 Å². The molecule has 3 N–H and O–H groups in total. The van der Waals surface area contributed by atoms with Gasteiger partial charge in [0.05, 0.1) is 0 Å². The summed E-state index contributed by atoms with van der Waals surface area (Å²) < 4.78 is 2.51. The Labute approximate surface area is 91.3 Å². The van der Waals surface area contributed by atoms with Crippen LogP contribution in [0.1, 0.15) is 51.9 Å². The van der Waals surface area contributed by atoms with Crippen molar-refractivity contribution in [2.75, 3.05) is 5.75 Å². The molecule has 0 aliphatic heterocycles. The molecule has 3 nitrogen and oxygen atoms in total. The number of carbonyl (C=O) groups excluding carboxylic acids is 1. The van der Waals surface area contributed by atoms with Crippen LogP contribution in [-0.2, 0) is 0 Å². The number of rotatable bonds is 9. The maximum Gasteiger partial charge on any atom is 0.322 e. The number of carbonyl (C=O) groups is 1. The molecule has 0 aromatic carbocycles. The van der Waals surface area contributed by atoms with E-state index in [1.807, 2.05) is 0 Å². The predicted molar refractivity (Wildman–Crippen MR) is 63.2 cm³/mol. The molecule has 0 aliphatic carbocycles. The normalized spacial score (nSPS) is 10.1. The van der Waals surface area contributed by atoms with Gasteiger partial charge < -0.3 is 5.73 Å². The Hall–Kier alpha value is -0.380. The van der Waals surface area contributed by atoms with Crippen LogP contribution < -0.4 is 10.5 Å². The summed E-state index contributed by atoms with van der Waals surface area (Å²) >= 11 is 1.41. The minimum Gasteiger partial charge on any atom is -0.351 e. The number of nitrogens with one attached hydrogen (secondary N) is 1. The summed E-state index contributed by atoms with van der Waals surface area (Å²) in [6, 6.07) is -0.446. The van der Waals surface area contributed by atoms with Gasteiger partial charge in [-0.05, 0) is 18.4 Å². The van der Waals surface area contributed by atoms with Gasteiger partial charge in [-0.2, -0.15) is 0 Å². The molecule has 0 saturated heterocycles. The van der Waals surface area contributed by atoms with E-state index in [0.717, 1.165) is 12.2 Å². The van der Waals surface area contributed by atoms with Crippen molar-refractivity contribution in [3.8, 4) is 0 Å². The molecule has 0 aliphatic rings. The second kappa shape index (κ2) is 10.7. The molecule has 0 aromatic rings. The van der Waals surface area contributed by atoms with Gasteiger partial charge in [-0.3, -0.25) is 4.72 Å².